The van der Waals surface area contributed by atoms with Crippen LogP contribution in [0.4, 0.5) is 0 Å². The molecule has 0 fully saturated rings. The van der Waals surface area contributed by atoms with Crippen LogP contribution in [0.5, 0.6) is 0 Å². The van der Waals surface area contributed by atoms with Crippen LogP contribution in [0.2, 0.25) is 0 Å². The van der Waals surface area contributed by atoms with Crippen molar-refractivity contribution in [1.82, 2.24) is 0 Å². The van der Waals surface area contributed by atoms with Gasteiger partial charge in [-0.25, -0.2) is 0 Å². The van der Waals surface area contributed by atoms with E-state index in [2.05, 4.69) is 6.92 Å². The van der Waals surface area contributed by atoms with Gasteiger partial charge in [0.05, 0.1) is 6.07 Å². The van der Waals surface area contributed by atoms with E-state index in [1.807, 2.05) is 12.1 Å². The molecule has 0 aliphatic heterocycles. The summed E-state index contributed by atoms with van der Waals surface area (Å²) in [5, 5.41) is 8.32. The molecule has 0 saturated heterocycles. The van der Waals surface area contributed by atoms with Crippen molar-refractivity contribution in [1.29, 1.82) is 5.26 Å². The molecule has 0 bridgehead atoms. The topological polar surface area (TPSA) is 23.8 Å². The molecular formula is C17H31N. The van der Waals surface area contributed by atoms with Crippen LogP contribution < -0.4 is 0 Å². The second-order valence-corrected chi connectivity index (χ2v) is 5.21. The van der Waals surface area contributed by atoms with E-state index in [1.165, 1.54) is 77.0 Å². The van der Waals surface area contributed by atoms with Crippen LogP contribution in [0.25, 0.3) is 0 Å². The molecule has 1 heteroatoms. The zero-order valence-corrected chi connectivity index (χ0v) is 12.3. The minimum atomic E-state index is 1.07. The number of nitrogens with zero attached hydrogens (tertiary/aromatic N) is 1. The summed E-state index contributed by atoms with van der Waals surface area (Å²) in [7, 11) is 0. The number of unbranched alkanes of at least 4 members (excludes halogenated alkanes) is 12. The molecule has 0 aromatic heterocycles. The van der Waals surface area contributed by atoms with Crippen molar-refractivity contribution in [2.24, 2.45) is 0 Å². The zero-order chi connectivity index (χ0) is 13.3. The minimum absolute atomic E-state index is 1.07. The highest BCUT2D eigenvalue weighted by Gasteiger charge is 1.92. The number of hydrogen-bond donors (Lipinski definition) is 0. The van der Waals surface area contributed by atoms with Gasteiger partial charge in [0.15, 0.2) is 0 Å². The Morgan fingerprint density at radius 1 is 0.722 bits per heavy atom. The van der Waals surface area contributed by atoms with Gasteiger partial charge in [-0.15, -0.1) is 0 Å². The van der Waals surface area contributed by atoms with Gasteiger partial charge in [-0.05, 0) is 12.8 Å². The SMILES string of the molecule is CCCCCCCCCCCCCC/C=C/C#N. The molecule has 1 nitrogen and oxygen atoms in total. The van der Waals surface area contributed by atoms with Gasteiger partial charge in [-0.2, -0.15) is 5.26 Å². The summed E-state index contributed by atoms with van der Waals surface area (Å²) in [6.45, 7) is 2.27. The molecule has 0 aliphatic carbocycles. The van der Waals surface area contributed by atoms with E-state index in [9.17, 15) is 0 Å². The zero-order valence-electron chi connectivity index (χ0n) is 12.3. The number of nitriles is 1. The summed E-state index contributed by atoms with van der Waals surface area (Å²) in [6.07, 6.45) is 21.4. The quantitative estimate of drug-likeness (QED) is 0.283. The first-order valence-corrected chi connectivity index (χ1v) is 7.96. The molecule has 104 valence electrons. The molecule has 0 spiro atoms. The number of rotatable bonds is 13. The molecule has 0 amide bonds. The molecule has 0 saturated carbocycles. The molecule has 0 unspecified atom stereocenters. The maximum absolute atomic E-state index is 8.32. The Kier molecular flexibility index (Phi) is 15.5. The Balaban J connectivity index is 2.95. The first-order chi connectivity index (χ1) is 8.91. The van der Waals surface area contributed by atoms with E-state index in [1.54, 1.807) is 6.08 Å². The first-order valence-electron chi connectivity index (χ1n) is 7.96. The van der Waals surface area contributed by atoms with Crippen LogP contribution in [-0.4, -0.2) is 0 Å². The third kappa shape index (κ3) is 15.2. The third-order valence-corrected chi connectivity index (χ3v) is 3.42. The van der Waals surface area contributed by atoms with Crippen LogP contribution in [0.3, 0.4) is 0 Å². The fourth-order valence-electron chi connectivity index (χ4n) is 2.24. The van der Waals surface area contributed by atoms with Crippen LogP contribution in [-0.2, 0) is 0 Å². The van der Waals surface area contributed by atoms with Crippen molar-refractivity contribution in [3.63, 3.8) is 0 Å². The molecule has 0 N–H and O–H groups in total. The Morgan fingerprint density at radius 3 is 1.61 bits per heavy atom. The van der Waals surface area contributed by atoms with Crippen LogP contribution in [0.1, 0.15) is 90.4 Å². The lowest BCUT2D eigenvalue weighted by molar-refractivity contribution is 0.545. The van der Waals surface area contributed by atoms with E-state index >= 15 is 0 Å². The third-order valence-electron chi connectivity index (χ3n) is 3.42. The van der Waals surface area contributed by atoms with E-state index in [-0.39, 0.29) is 0 Å². The second-order valence-electron chi connectivity index (χ2n) is 5.21. The van der Waals surface area contributed by atoms with Crippen molar-refractivity contribution in [2.45, 2.75) is 90.4 Å². The predicted octanol–water partition coefficient (Wildman–Crippen LogP) is 6.16. The molecule has 0 aromatic rings. The highest BCUT2D eigenvalue weighted by Crippen LogP contribution is 2.12. The summed E-state index contributed by atoms with van der Waals surface area (Å²) < 4.78 is 0. The van der Waals surface area contributed by atoms with Crippen LogP contribution in [0, 0.1) is 11.3 Å². The van der Waals surface area contributed by atoms with E-state index in [4.69, 9.17) is 5.26 Å². The predicted molar refractivity (Wildman–Crippen MR) is 80.4 cm³/mol. The summed E-state index contributed by atoms with van der Waals surface area (Å²) in [5.74, 6) is 0. The molecule has 0 aromatic carbocycles. The van der Waals surface area contributed by atoms with Gasteiger partial charge < -0.3 is 0 Å². The number of allylic oxidation sites excluding steroid dienone is 2. The highest BCUT2D eigenvalue weighted by molar-refractivity contribution is 5.01. The first kappa shape index (κ1) is 17.2. The molecule has 0 rings (SSSR count). The lowest BCUT2D eigenvalue weighted by atomic mass is 10.0. The standard InChI is InChI=1S/C17H31N/c1-2-3-4-5-6-7-8-9-10-11-12-13-14-15-16-17-18/h15-16H,2-14H2,1H3/b16-15+. The van der Waals surface area contributed by atoms with E-state index < -0.39 is 0 Å². The molecular weight excluding hydrogens is 218 g/mol. The highest BCUT2D eigenvalue weighted by atomic mass is 14.2. The normalized spacial score (nSPS) is 10.9. The minimum Gasteiger partial charge on any atom is -0.193 e. The van der Waals surface area contributed by atoms with Crippen molar-refractivity contribution >= 4 is 0 Å². The Labute approximate surface area is 114 Å². The Bertz CT molecular complexity index is 212. The second kappa shape index (κ2) is 16.2. The molecule has 0 heterocycles. The lowest BCUT2D eigenvalue weighted by Crippen LogP contribution is -1.82. The smallest absolute Gasteiger partial charge is 0.0908 e. The average Bonchev–Trinajstić information content (AvgIpc) is 2.39. The monoisotopic (exact) mass is 249 g/mol. The van der Waals surface area contributed by atoms with Gasteiger partial charge in [0.25, 0.3) is 0 Å². The molecule has 0 radical (unpaired) electrons. The fourth-order valence-corrected chi connectivity index (χ4v) is 2.24. The average molecular weight is 249 g/mol. The summed E-state index contributed by atoms with van der Waals surface area (Å²) >= 11 is 0. The number of hydrogen-bond acceptors (Lipinski definition) is 1. The van der Waals surface area contributed by atoms with Gasteiger partial charge in [0.2, 0.25) is 0 Å². The van der Waals surface area contributed by atoms with Crippen molar-refractivity contribution in [3.8, 4) is 6.07 Å². The molecule has 0 aliphatic rings. The Hall–Kier alpha value is -0.770. The fraction of sp³-hybridized carbons (Fsp3) is 0.824. The van der Waals surface area contributed by atoms with Gasteiger partial charge in [0.1, 0.15) is 0 Å². The van der Waals surface area contributed by atoms with Crippen molar-refractivity contribution < 1.29 is 0 Å². The van der Waals surface area contributed by atoms with Crippen LogP contribution in [0.15, 0.2) is 12.2 Å². The summed E-state index contributed by atoms with van der Waals surface area (Å²) in [5.41, 5.74) is 0. The summed E-state index contributed by atoms with van der Waals surface area (Å²) in [6, 6.07) is 2.03. The largest absolute Gasteiger partial charge is 0.193 e. The van der Waals surface area contributed by atoms with Crippen LogP contribution >= 0.6 is 0 Å². The van der Waals surface area contributed by atoms with Gasteiger partial charge >= 0.3 is 0 Å². The van der Waals surface area contributed by atoms with E-state index in [0.717, 1.165) is 6.42 Å². The summed E-state index contributed by atoms with van der Waals surface area (Å²) in [4.78, 5) is 0. The van der Waals surface area contributed by atoms with Gasteiger partial charge in [-0.3, -0.25) is 0 Å². The lowest BCUT2D eigenvalue weighted by Gasteiger charge is -2.02. The maximum atomic E-state index is 8.32. The van der Waals surface area contributed by atoms with Gasteiger partial charge in [-0.1, -0.05) is 83.6 Å². The maximum Gasteiger partial charge on any atom is 0.0908 e. The van der Waals surface area contributed by atoms with Gasteiger partial charge in [0, 0.05) is 6.08 Å². The van der Waals surface area contributed by atoms with Crippen molar-refractivity contribution in [3.05, 3.63) is 12.2 Å². The Morgan fingerprint density at radius 2 is 1.17 bits per heavy atom. The molecule has 18 heavy (non-hydrogen) atoms. The van der Waals surface area contributed by atoms with E-state index in [0.29, 0.717) is 0 Å². The van der Waals surface area contributed by atoms with Crippen molar-refractivity contribution in [2.75, 3.05) is 0 Å². The molecule has 0 atom stereocenters.